The molecule has 0 radical (unpaired) electrons. The Hall–Kier alpha value is -2.51. The molecule has 7 heteroatoms. The van der Waals surface area contributed by atoms with E-state index in [1.807, 2.05) is 24.3 Å². The van der Waals surface area contributed by atoms with Crippen LogP contribution in [0.25, 0.3) is 0 Å². The van der Waals surface area contributed by atoms with E-state index in [1.54, 1.807) is 11.0 Å². The van der Waals surface area contributed by atoms with Gasteiger partial charge in [0.1, 0.15) is 0 Å². The van der Waals surface area contributed by atoms with Crippen LogP contribution in [0, 0.1) is 0 Å². The number of anilines is 1. The molecule has 26 heavy (non-hydrogen) atoms. The molecule has 0 atom stereocenters. The van der Waals surface area contributed by atoms with Gasteiger partial charge in [0.15, 0.2) is 5.78 Å². The standard InChI is InChI=1S/C19H20N2O4S/c1-14(22)16-6-4-7-17(13-16)26(24,25)20-11-9-19(23)21-12-10-15-5-2-3-8-18(15)21/h2-8,13,20H,9-12H2,1H3. The third-order valence-electron chi connectivity index (χ3n) is 4.37. The predicted molar refractivity (Wildman–Crippen MR) is 98.8 cm³/mol. The highest BCUT2D eigenvalue weighted by Gasteiger charge is 2.24. The zero-order valence-electron chi connectivity index (χ0n) is 14.4. The Balaban J connectivity index is 1.62. The van der Waals surface area contributed by atoms with Crippen molar-refractivity contribution in [2.45, 2.75) is 24.7 Å². The van der Waals surface area contributed by atoms with E-state index in [0.717, 1.165) is 17.7 Å². The quantitative estimate of drug-likeness (QED) is 0.788. The van der Waals surface area contributed by atoms with Crippen LogP contribution in [0.15, 0.2) is 53.4 Å². The van der Waals surface area contributed by atoms with E-state index >= 15 is 0 Å². The number of benzene rings is 2. The minimum atomic E-state index is -3.77. The van der Waals surface area contributed by atoms with E-state index in [1.165, 1.54) is 25.1 Å². The third kappa shape index (κ3) is 3.84. The number of sulfonamides is 1. The van der Waals surface area contributed by atoms with Gasteiger partial charge in [-0.25, -0.2) is 13.1 Å². The fourth-order valence-electron chi connectivity index (χ4n) is 2.99. The van der Waals surface area contributed by atoms with E-state index < -0.39 is 10.0 Å². The molecule has 1 N–H and O–H groups in total. The molecular weight excluding hydrogens is 352 g/mol. The first-order chi connectivity index (χ1) is 12.4. The highest BCUT2D eigenvalue weighted by molar-refractivity contribution is 7.89. The summed E-state index contributed by atoms with van der Waals surface area (Å²) in [6.45, 7) is 2.00. The molecule has 3 rings (SSSR count). The molecule has 0 saturated carbocycles. The van der Waals surface area contributed by atoms with Crippen molar-refractivity contribution in [2.24, 2.45) is 0 Å². The summed E-state index contributed by atoms with van der Waals surface area (Å²) in [6, 6.07) is 13.6. The lowest BCUT2D eigenvalue weighted by Gasteiger charge is -2.17. The largest absolute Gasteiger partial charge is 0.312 e. The van der Waals surface area contributed by atoms with Crippen LogP contribution in [-0.2, 0) is 21.2 Å². The smallest absolute Gasteiger partial charge is 0.240 e. The molecule has 1 aliphatic heterocycles. The summed E-state index contributed by atoms with van der Waals surface area (Å²) in [4.78, 5) is 25.5. The Morgan fingerprint density at radius 1 is 1.12 bits per heavy atom. The van der Waals surface area contributed by atoms with Crippen LogP contribution in [0.5, 0.6) is 0 Å². The van der Waals surface area contributed by atoms with E-state index in [2.05, 4.69) is 4.72 Å². The van der Waals surface area contributed by atoms with Crippen molar-refractivity contribution in [2.75, 3.05) is 18.0 Å². The molecule has 0 spiro atoms. The highest BCUT2D eigenvalue weighted by Crippen LogP contribution is 2.27. The summed E-state index contributed by atoms with van der Waals surface area (Å²) in [6.07, 6.45) is 0.880. The molecule has 0 unspecified atom stereocenters. The van der Waals surface area contributed by atoms with Crippen molar-refractivity contribution in [3.63, 3.8) is 0 Å². The van der Waals surface area contributed by atoms with Gasteiger partial charge in [0.05, 0.1) is 4.90 Å². The van der Waals surface area contributed by atoms with Gasteiger partial charge >= 0.3 is 0 Å². The van der Waals surface area contributed by atoms with Crippen molar-refractivity contribution >= 4 is 27.4 Å². The lowest BCUT2D eigenvalue weighted by molar-refractivity contribution is -0.118. The predicted octanol–water partition coefficient (Wildman–Crippen LogP) is 2.15. The SMILES string of the molecule is CC(=O)c1cccc(S(=O)(=O)NCCC(=O)N2CCc3ccccc32)c1. The molecule has 1 amide bonds. The van der Waals surface area contributed by atoms with Crippen molar-refractivity contribution in [3.8, 4) is 0 Å². The summed E-state index contributed by atoms with van der Waals surface area (Å²) in [5.74, 6) is -0.319. The maximum atomic E-state index is 12.4. The van der Waals surface area contributed by atoms with Gasteiger partial charge in [-0.3, -0.25) is 9.59 Å². The average molecular weight is 372 g/mol. The van der Waals surface area contributed by atoms with Gasteiger partial charge in [-0.05, 0) is 37.1 Å². The van der Waals surface area contributed by atoms with Crippen molar-refractivity contribution in [1.29, 1.82) is 0 Å². The Morgan fingerprint density at radius 3 is 2.65 bits per heavy atom. The van der Waals surface area contributed by atoms with Crippen molar-refractivity contribution < 1.29 is 18.0 Å². The van der Waals surface area contributed by atoms with Gasteiger partial charge in [0.25, 0.3) is 0 Å². The number of Topliss-reactive ketones (excluding diaryl/α,β-unsaturated/α-hetero) is 1. The van der Waals surface area contributed by atoms with Gasteiger partial charge in [0.2, 0.25) is 15.9 Å². The molecule has 1 aliphatic rings. The number of para-hydroxylation sites is 1. The van der Waals surface area contributed by atoms with Crippen molar-refractivity contribution in [3.05, 3.63) is 59.7 Å². The number of ketones is 1. The zero-order valence-corrected chi connectivity index (χ0v) is 15.3. The minimum Gasteiger partial charge on any atom is -0.312 e. The number of rotatable bonds is 6. The fourth-order valence-corrected chi connectivity index (χ4v) is 4.07. The van der Waals surface area contributed by atoms with Gasteiger partial charge < -0.3 is 4.90 Å². The van der Waals surface area contributed by atoms with Gasteiger partial charge in [0, 0.05) is 30.8 Å². The van der Waals surface area contributed by atoms with Crippen LogP contribution >= 0.6 is 0 Å². The Bertz CT molecular complexity index is 954. The second-order valence-corrected chi connectivity index (χ2v) is 7.92. The first-order valence-electron chi connectivity index (χ1n) is 8.37. The van der Waals surface area contributed by atoms with Crippen LogP contribution in [0.1, 0.15) is 29.3 Å². The first-order valence-corrected chi connectivity index (χ1v) is 9.86. The summed E-state index contributed by atoms with van der Waals surface area (Å²) in [5, 5.41) is 0. The third-order valence-corrected chi connectivity index (χ3v) is 5.83. The molecule has 6 nitrogen and oxygen atoms in total. The number of nitrogens with zero attached hydrogens (tertiary/aromatic N) is 1. The number of fused-ring (bicyclic) bond motifs is 1. The lowest BCUT2D eigenvalue weighted by atomic mass is 10.2. The molecular formula is C19H20N2O4S. The monoisotopic (exact) mass is 372 g/mol. The molecule has 0 aromatic heterocycles. The van der Waals surface area contributed by atoms with Crippen LogP contribution < -0.4 is 9.62 Å². The van der Waals surface area contributed by atoms with E-state index in [9.17, 15) is 18.0 Å². The minimum absolute atomic E-state index is 0.00410. The van der Waals surface area contributed by atoms with Gasteiger partial charge in [-0.1, -0.05) is 30.3 Å². The number of carbonyl (C=O) groups excluding carboxylic acids is 2. The normalized spacial score (nSPS) is 13.5. The number of amides is 1. The van der Waals surface area contributed by atoms with Crippen LogP contribution in [-0.4, -0.2) is 33.2 Å². The highest BCUT2D eigenvalue weighted by atomic mass is 32.2. The summed E-state index contributed by atoms with van der Waals surface area (Å²) >= 11 is 0. The maximum absolute atomic E-state index is 12.4. The number of carbonyl (C=O) groups is 2. The van der Waals surface area contributed by atoms with E-state index in [-0.39, 0.29) is 29.6 Å². The molecule has 136 valence electrons. The molecule has 2 aromatic carbocycles. The lowest BCUT2D eigenvalue weighted by Crippen LogP contribution is -2.33. The zero-order chi connectivity index (χ0) is 18.7. The first kappa shape index (κ1) is 18.3. The van der Waals surface area contributed by atoms with Crippen LogP contribution in [0.3, 0.4) is 0 Å². The molecule has 0 fully saturated rings. The number of hydrogen-bond donors (Lipinski definition) is 1. The van der Waals surface area contributed by atoms with E-state index in [4.69, 9.17) is 0 Å². The number of nitrogens with one attached hydrogen (secondary N) is 1. The molecule has 0 bridgehead atoms. The number of hydrogen-bond acceptors (Lipinski definition) is 4. The van der Waals surface area contributed by atoms with Gasteiger partial charge in [-0.2, -0.15) is 0 Å². The van der Waals surface area contributed by atoms with E-state index in [0.29, 0.717) is 12.1 Å². The average Bonchev–Trinajstić information content (AvgIpc) is 3.06. The topological polar surface area (TPSA) is 83.5 Å². The Morgan fingerprint density at radius 2 is 1.88 bits per heavy atom. The van der Waals surface area contributed by atoms with Crippen molar-refractivity contribution in [1.82, 2.24) is 4.72 Å². The molecule has 0 aliphatic carbocycles. The molecule has 2 aromatic rings. The summed E-state index contributed by atoms with van der Waals surface area (Å²) in [5.41, 5.74) is 2.36. The summed E-state index contributed by atoms with van der Waals surface area (Å²) < 4.78 is 27.2. The Labute approximate surface area is 152 Å². The van der Waals surface area contributed by atoms with Gasteiger partial charge in [-0.15, -0.1) is 0 Å². The fraction of sp³-hybridized carbons (Fsp3) is 0.263. The summed E-state index contributed by atoms with van der Waals surface area (Å²) in [7, 11) is -3.77. The molecule has 1 heterocycles. The molecule has 0 saturated heterocycles. The maximum Gasteiger partial charge on any atom is 0.240 e. The second kappa shape index (κ2) is 7.39. The second-order valence-electron chi connectivity index (χ2n) is 6.16. The van der Waals surface area contributed by atoms with Crippen LogP contribution in [0.4, 0.5) is 5.69 Å². The Kier molecular flexibility index (Phi) is 5.20. The van der Waals surface area contributed by atoms with Crippen LogP contribution in [0.2, 0.25) is 0 Å².